The van der Waals surface area contributed by atoms with Crippen molar-refractivity contribution in [3.05, 3.63) is 151 Å². The van der Waals surface area contributed by atoms with Crippen LogP contribution in [-0.2, 0) is 0 Å². The Morgan fingerprint density at radius 3 is 1.51 bits per heavy atom. The lowest BCUT2D eigenvalue weighted by molar-refractivity contribution is 0.463. The molecule has 2 aliphatic rings. The van der Waals surface area contributed by atoms with Crippen molar-refractivity contribution >= 4 is 45.9 Å². The van der Waals surface area contributed by atoms with E-state index < -0.39 is 0 Å². The topological polar surface area (TPSA) is 18.5 Å². The van der Waals surface area contributed by atoms with Crippen LogP contribution in [0.1, 0.15) is 5.56 Å². The molecule has 0 fully saturated rings. The average Bonchev–Trinajstić information content (AvgIpc) is 3.02. The van der Waals surface area contributed by atoms with E-state index in [1.165, 1.54) is 0 Å². The second-order valence-corrected chi connectivity index (χ2v) is 10.7. The van der Waals surface area contributed by atoms with Crippen molar-refractivity contribution in [2.75, 3.05) is 0 Å². The van der Waals surface area contributed by atoms with Crippen molar-refractivity contribution in [2.24, 2.45) is 0 Å². The van der Waals surface area contributed by atoms with Crippen molar-refractivity contribution in [1.29, 1.82) is 0 Å². The highest BCUT2D eigenvalue weighted by molar-refractivity contribution is 6.98. The molecule has 0 aromatic heterocycles. The highest BCUT2D eigenvalue weighted by atomic mass is 16.5. The van der Waals surface area contributed by atoms with Gasteiger partial charge in [-0.15, -0.1) is 0 Å². The van der Waals surface area contributed by atoms with Crippen LogP contribution >= 0.6 is 0 Å². The Labute approximate surface area is 240 Å². The Kier molecular flexibility index (Phi) is 5.37. The van der Waals surface area contributed by atoms with Gasteiger partial charge in [0.2, 0.25) is 0 Å². The van der Waals surface area contributed by atoms with E-state index in [0.29, 0.717) is 4.48 Å². The number of nitrogens with zero attached hydrogens (tertiary/aromatic N) is 1. The van der Waals surface area contributed by atoms with Crippen molar-refractivity contribution in [2.45, 2.75) is 6.92 Å². The maximum atomic E-state index is 6.77. The van der Waals surface area contributed by atoms with Gasteiger partial charge in [-0.2, -0.15) is 4.48 Å². The van der Waals surface area contributed by atoms with Gasteiger partial charge in [-0.25, -0.2) is 0 Å². The molecule has 0 saturated carbocycles. The van der Waals surface area contributed by atoms with Gasteiger partial charge in [0.1, 0.15) is 40.1 Å². The summed E-state index contributed by atoms with van der Waals surface area (Å²) in [6.45, 7) is 2.13. The number of hydrogen-bond donors (Lipinski definition) is 0. The van der Waals surface area contributed by atoms with Crippen molar-refractivity contribution in [3.63, 3.8) is 0 Å². The van der Waals surface area contributed by atoms with Gasteiger partial charge in [-0.3, -0.25) is 0 Å². The molecule has 0 saturated heterocycles. The fraction of sp³-hybridized carbons (Fsp3) is 0.0270. The SMILES string of the molecule is Cc1cc2c3c(c1)Oc1cc([N+](c4ccccc4)(c4ccccc4)c4ccccc4)ccc1B3c1ccccc1O2. The van der Waals surface area contributed by atoms with Gasteiger partial charge in [-0.05, 0) is 41.6 Å². The second-order valence-electron chi connectivity index (χ2n) is 10.7. The van der Waals surface area contributed by atoms with E-state index in [1.54, 1.807) is 0 Å². The summed E-state index contributed by atoms with van der Waals surface area (Å²) in [5.41, 5.74) is 9.07. The second kappa shape index (κ2) is 9.26. The summed E-state index contributed by atoms with van der Waals surface area (Å²) in [5.74, 6) is 3.52. The molecule has 8 rings (SSSR count). The third-order valence-electron chi connectivity index (χ3n) is 8.33. The van der Waals surface area contributed by atoms with E-state index in [9.17, 15) is 0 Å². The maximum Gasteiger partial charge on any atom is 0.260 e. The summed E-state index contributed by atoms with van der Waals surface area (Å²) in [7, 11) is 0. The monoisotopic (exact) mass is 528 g/mol. The van der Waals surface area contributed by atoms with Crippen molar-refractivity contribution in [1.82, 2.24) is 4.48 Å². The molecule has 0 bridgehead atoms. The zero-order valence-electron chi connectivity index (χ0n) is 22.7. The zero-order chi connectivity index (χ0) is 27.4. The number of para-hydroxylation sites is 4. The molecule has 0 N–H and O–H groups in total. The minimum Gasteiger partial charge on any atom is -0.458 e. The van der Waals surface area contributed by atoms with E-state index >= 15 is 0 Å². The fourth-order valence-electron chi connectivity index (χ4n) is 6.62. The van der Waals surface area contributed by atoms with Gasteiger partial charge in [0.05, 0.1) is 0 Å². The minimum absolute atomic E-state index is 0.0374. The first-order chi connectivity index (χ1) is 20.2. The fourth-order valence-corrected chi connectivity index (χ4v) is 6.62. The van der Waals surface area contributed by atoms with Crippen LogP contribution in [0.25, 0.3) is 0 Å². The molecule has 0 amide bonds. The molecule has 0 atom stereocenters. The molecule has 0 spiro atoms. The molecule has 3 nitrogen and oxygen atoms in total. The molecule has 194 valence electrons. The molecule has 0 aliphatic carbocycles. The summed E-state index contributed by atoms with van der Waals surface area (Å²) in [6, 6.07) is 51.5. The lowest BCUT2D eigenvalue weighted by Crippen LogP contribution is -2.57. The first-order valence-electron chi connectivity index (χ1n) is 14.0. The molecular formula is C37H27BNO2+. The first kappa shape index (κ1) is 23.8. The molecule has 6 aromatic rings. The van der Waals surface area contributed by atoms with Gasteiger partial charge in [-0.1, -0.05) is 78.9 Å². The summed E-state index contributed by atoms with van der Waals surface area (Å²) >= 11 is 0. The van der Waals surface area contributed by atoms with Crippen molar-refractivity contribution in [3.8, 4) is 23.0 Å². The van der Waals surface area contributed by atoms with Gasteiger partial charge < -0.3 is 9.47 Å². The summed E-state index contributed by atoms with van der Waals surface area (Å²) in [4.78, 5) is 0. The summed E-state index contributed by atoms with van der Waals surface area (Å²) < 4.78 is 13.6. The van der Waals surface area contributed by atoms with Gasteiger partial charge in [0, 0.05) is 54.0 Å². The Morgan fingerprint density at radius 1 is 0.439 bits per heavy atom. The van der Waals surface area contributed by atoms with Gasteiger partial charge in [0.25, 0.3) is 6.71 Å². The lowest BCUT2D eigenvalue weighted by Gasteiger charge is -2.38. The zero-order valence-corrected chi connectivity index (χ0v) is 22.7. The largest absolute Gasteiger partial charge is 0.458 e. The van der Waals surface area contributed by atoms with E-state index in [0.717, 1.165) is 67.7 Å². The third kappa shape index (κ3) is 3.58. The number of benzene rings is 6. The molecule has 2 aliphatic heterocycles. The number of fused-ring (bicyclic) bond motifs is 4. The van der Waals surface area contributed by atoms with Crippen LogP contribution in [0.4, 0.5) is 22.7 Å². The van der Waals surface area contributed by atoms with Gasteiger partial charge in [0.15, 0.2) is 5.69 Å². The quantitative estimate of drug-likeness (QED) is 0.170. The summed E-state index contributed by atoms with van der Waals surface area (Å²) in [5, 5.41) is 0. The number of quaternary nitrogens is 1. The predicted octanol–water partition coefficient (Wildman–Crippen LogP) is 8.03. The van der Waals surface area contributed by atoms with Crippen LogP contribution in [0.15, 0.2) is 146 Å². The first-order valence-corrected chi connectivity index (χ1v) is 14.0. The summed E-state index contributed by atoms with van der Waals surface area (Å²) in [6.07, 6.45) is 0. The molecule has 0 unspecified atom stereocenters. The molecule has 0 radical (unpaired) electrons. The van der Waals surface area contributed by atoms with Crippen LogP contribution in [0.3, 0.4) is 0 Å². The molecule has 6 aromatic carbocycles. The Morgan fingerprint density at radius 2 is 0.927 bits per heavy atom. The molecule has 41 heavy (non-hydrogen) atoms. The number of hydrogen-bond acceptors (Lipinski definition) is 2. The number of rotatable bonds is 4. The smallest absolute Gasteiger partial charge is 0.260 e. The van der Waals surface area contributed by atoms with Gasteiger partial charge >= 0.3 is 0 Å². The highest BCUT2D eigenvalue weighted by Crippen LogP contribution is 2.52. The average molecular weight is 528 g/mol. The minimum atomic E-state index is 0.0374. The predicted molar refractivity (Wildman–Crippen MR) is 169 cm³/mol. The highest BCUT2D eigenvalue weighted by Gasteiger charge is 2.43. The standard InChI is InChI=1S/C37H27BNO2/c1-26-23-35-37-36(24-26)41-34-25-30(21-22-32(34)38(37)31-19-11-12-20-33(31)40-35)39(27-13-5-2-6-14-27,28-15-7-3-8-16-28)29-17-9-4-10-18-29/h2-25H,1H3/q+1. The molecule has 2 heterocycles. The van der Waals surface area contributed by atoms with Crippen molar-refractivity contribution < 1.29 is 9.47 Å². The Balaban J connectivity index is 1.41. The molecular weight excluding hydrogens is 501 g/mol. The van der Waals surface area contributed by atoms with Crippen LogP contribution in [0.5, 0.6) is 23.0 Å². The van der Waals surface area contributed by atoms with E-state index in [-0.39, 0.29) is 6.71 Å². The number of ether oxygens (including phenoxy) is 2. The van der Waals surface area contributed by atoms with E-state index in [1.807, 2.05) is 6.07 Å². The third-order valence-corrected chi connectivity index (χ3v) is 8.33. The Hall–Kier alpha value is -5.06. The van der Waals surface area contributed by atoms with E-state index in [4.69, 9.17) is 9.47 Å². The van der Waals surface area contributed by atoms with Crippen LogP contribution < -0.4 is 30.3 Å². The lowest BCUT2D eigenvalue weighted by atomic mass is 9.35. The number of aryl methyl sites for hydroxylation is 1. The van der Waals surface area contributed by atoms with Crippen LogP contribution in [0.2, 0.25) is 0 Å². The molecule has 4 heteroatoms. The van der Waals surface area contributed by atoms with Crippen LogP contribution in [0, 0.1) is 6.92 Å². The van der Waals surface area contributed by atoms with Crippen LogP contribution in [-0.4, -0.2) is 6.71 Å². The van der Waals surface area contributed by atoms with E-state index in [2.05, 4.69) is 146 Å². The Bertz CT molecular complexity index is 1810. The normalized spacial score (nSPS) is 12.9. The maximum absolute atomic E-state index is 6.77.